The van der Waals surface area contributed by atoms with Crippen molar-refractivity contribution in [3.8, 4) is 0 Å². The molecule has 2 rings (SSSR count). The van der Waals surface area contributed by atoms with Crippen molar-refractivity contribution in [2.45, 2.75) is 31.8 Å². The van der Waals surface area contributed by atoms with E-state index in [1.807, 2.05) is 19.3 Å². The third-order valence-corrected chi connectivity index (χ3v) is 3.32. The summed E-state index contributed by atoms with van der Waals surface area (Å²) in [4.78, 5) is 22.5. The highest BCUT2D eigenvalue weighted by Crippen LogP contribution is 2.25. The molecule has 1 aromatic heterocycles. The summed E-state index contributed by atoms with van der Waals surface area (Å²) in [5.41, 5.74) is 0.785. The molecule has 1 aliphatic carbocycles. The first-order chi connectivity index (χ1) is 9.04. The number of aliphatic carboxylic acids is 1. The number of carboxylic acid groups (broad SMARTS) is 1. The van der Waals surface area contributed by atoms with Crippen LogP contribution in [0.1, 0.15) is 25.0 Å². The van der Waals surface area contributed by atoms with Crippen LogP contribution in [0.15, 0.2) is 12.3 Å². The molecule has 0 radical (unpaired) electrons. The predicted molar refractivity (Wildman–Crippen MR) is 67.3 cm³/mol. The lowest BCUT2D eigenvalue weighted by Crippen LogP contribution is -2.40. The molecular formula is C12H18N4O3. The molecule has 19 heavy (non-hydrogen) atoms. The number of rotatable bonds is 4. The minimum atomic E-state index is -0.779. The Hall–Kier alpha value is -2.05. The van der Waals surface area contributed by atoms with Crippen molar-refractivity contribution in [3.05, 3.63) is 18.0 Å². The van der Waals surface area contributed by atoms with Gasteiger partial charge < -0.3 is 15.7 Å². The smallest absolute Gasteiger partial charge is 0.315 e. The number of urea groups is 1. The Morgan fingerprint density at radius 2 is 2.32 bits per heavy atom. The van der Waals surface area contributed by atoms with Crippen LogP contribution < -0.4 is 10.6 Å². The monoisotopic (exact) mass is 266 g/mol. The number of hydrogen-bond acceptors (Lipinski definition) is 3. The molecule has 0 spiro atoms. The van der Waals surface area contributed by atoms with Crippen molar-refractivity contribution >= 4 is 12.0 Å². The second-order valence-electron chi connectivity index (χ2n) is 4.85. The summed E-state index contributed by atoms with van der Waals surface area (Å²) >= 11 is 0. The maximum atomic E-state index is 11.7. The molecular weight excluding hydrogens is 248 g/mol. The number of hydrogen-bond donors (Lipinski definition) is 3. The third-order valence-electron chi connectivity index (χ3n) is 3.32. The zero-order valence-corrected chi connectivity index (χ0v) is 10.8. The first-order valence-electron chi connectivity index (χ1n) is 6.30. The average molecular weight is 266 g/mol. The van der Waals surface area contributed by atoms with Crippen LogP contribution in [0.2, 0.25) is 0 Å². The van der Waals surface area contributed by atoms with Crippen LogP contribution in [-0.4, -0.2) is 32.9 Å². The van der Waals surface area contributed by atoms with Crippen molar-refractivity contribution in [1.29, 1.82) is 0 Å². The maximum Gasteiger partial charge on any atom is 0.315 e. The molecule has 0 bridgehead atoms. The topological polar surface area (TPSA) is 96.2 Å². The molecule has 1 heterocycles. The van der Waals surface area contributed by atoms with Gasteiger partial charge in [-0.2, -0.15) is 5.10 Å². The molecule has 0 aliphatic heterocycles. The minimum absolute atomic E-state index is 0.0511. The van der Waals surface area contributed by atoms with Crippen molar-refractivity contribution < 1.29 is 14.7 Å². The van der Waals surface area contributed by atoms with Gasteiger partial charge in [-0.3, -0.25) is 9.48 Å². The van der Waals surface area contributed by atoms with E-state index in [9.17, 15) is 9.59 Å². The molecule has 2 atom stereocenters. The van der Waals surface area contributed by atoms with E-state index in [2.05, 4.69) is 15.7 Å². The molecule has 1 fully saturated rings. The minimum Gasteiger partial charge on any atom is -0.481 e. The number of carboxylic acids is 1. The van der Waals surface area contributed by atoms with E-state index in [1.165, 1.54) is 0 Å². The summed E-state index contributed by atoms with van der Waals surface area (Å²) in [5, 5.41) is 18.5. The first kappa shape index (κ1) is 13.4. The molecule has 0 saturated heterocycles. The van der Waals surface area contributed by atoms with E-state index in [0.717, 1.165) is 5.69 Å². The number of aryl methyl sites for hydroxylation is 1. The van der Waals surface area contributed by atoms with E-state index in [1.54, 1.807) is 4.68 Å². The Morgan fingerprint density at radius 1 is 1.53 bits per heavy atom. The summed E-state index contributed by atoms with van der Waals surface area (Å²) < 4.78 is 1.67. The quantitative estimate of drug-likeness (QED) is 0.738. The number of nitrogens with one attached hydrogen (secondary N) is 2. The fraction of sp³-hybridized carbons (Fsp3) is 0.583. The summed E-state index contributed by atoms with van der Waals surface area (Å²) in [7, 11) is 1.81. The van der Waals surface area contributed by atoms with Gasteiger partial charge in [-0.15, -0.1) is 0 Å². The Labute approximate surface area is 111 Å². The van der Waals surface area contributed by atoms with Gasteiger partial charge in [0, 0.05) is 19.3 Å². The fourth-order valence-electron chi connectivity index (χ4n) is 2.30. The molecule has 1 saturated carbocycles. The second-order valence-corrected chi connectivity index (χ2v) is 4.85. The number of carbonyl (C=O) groups excluding carboxylic acids is 1. The highest BCUT2D eigenvalue weighted by atomic mass is 16.4. The molecule has 2 amide bonds. The van der Waals surface area contributed by atoms with Crippen LogP contribution in [0, 0.1) is 5.92 Å². The summed E-state index contributed by atoms with van der Waals surface area (Å²) in [6.07, 6.45) is 3.66. The third kappa shape index (κ3) is 3.70. The van der Waals surface area contributed by atoms with E-state index in [4.69, 9.17) is 5.11 Å². The number of aromatic nitrogens is 2. The first-order valence-corrected chi connectivity index (χ1v) is 6.30. The number of nitrogens with zero attached hydrogens (tertiary/aromatic N) is 2. The van der Waals surface area contributed by atoms with Gasteiger partial charge in [0.15, 0.2) is 0 Å². The van der Waals surface area contributed by atoms with Crippen LogP contribution in [0.5, 0.6) is 0 Å². The molecule has 7 heteroatoms. The molecule has 3 N–H and O–H groups in total. The lowest BCUT2D eigenvalue weighted by Gasteiger charge is -2.12. The molecule has 2 unspecified atom stereocenters. The van der Waals surface area contributed by atoms with Crippen molar-refractivity contribution in [2.75, 3.05) is 0 Å². The zero-order valence-electron chi connectivity index (χ0n) is 10.8. The zero-order chi connectivity index (χ0) is 13.8. The van der Waals surface area contributed by atoms with Crippen molar-refractivity contribution in [3.63, 3.8) is 0 Å². The lowest BCUT2D eigenvalue weighted by atomic mass is 10.1. The SMILES string of the molecule is Cn1ccc(CNC(=O)NC2CCC(C(=O)O)C2)n1. The van der Waals surface area contributed by atoms with Gasteiger partial charge >= 0.3 is 12.0 Å². The van der Waals surface area contributed by atoms with Gasteiger partial charge in [0.25, 0.3) is 0 Å². The number of carbonyl (C=O) groups is 2. The van der Waals surface area contributed by atoms with Crippen LogP contribution >= 0.6 is 0 Å². The summed E-state index contributed by atoms with van der Waals surface area (Å²) in [5.74, 6) is -1.11. The summed E-state index contributed by atoms with van der Waals surface area (Å²) in [6, 6.07) is 1.50. The van der Waals surface area contributed by atoms with Gasteiger partial charge in [0.1, 0.15) is 0 Å². The highest BCUT2D eigenvalue weighted by molar-refractivity contribution is 5.75. The Bertz CT molecular complexity index is 471. The van der Waals surface area contributed by atoms with E-state index < -0.39 is 5.97 Å². The van der Waals surface area contributed by atoms with Crippen molar-refractivity contribution in [1.82, 2.24) is 20.4 Å². The molecule has 7 nitrogen and oxygen atoms in total. The van der Waals surface area contributed by atoms with Gasteiger partial charge in [-0.25, -0.2) is 4.79 Å². The van der Waals surface area contributed by atoms with E-state index in [0.29, 0.717) is 25.8 Å². The Morgan fingerprint density at radius 3 is 2.89 bits per heavy atom. The number of amides is 2. The second kappa shape index (κ2) is 5.73. The fourth-order valence-corrected chi connectivity index (χ4v) is 2.30. The standard InChI is InChI=1S/C12H18N4O3/c1-16-5-4-10(15-16)7-13-12(19)14-9-3-2-8(6-9)11(17)18/h4-5,8-9H,2-3,6-7H2,1H3,(H,17,18)(H2,13,14,19). The molecule has 104 valence electrons. The van der Waals surface area contributed by atoms with Gasteiger partial charge in [-0.05, 0) is 25.3 Å². The van der Waals surface area contributed by atoms with Crippen LogP contribution in [0.3, 0.4) is 0 Å². The average Bonchev–Trinajstić information content (AvgIpc) is 2.96. The van der Waals surface area contributed by atoms with Gasteiger partial charge in [0.05, 0.1) is 18.2 Å². The predicted octanol–water partition coefficient (Wildman–Crippen LogP) is 0.473. The molecule has 1 aliphatic rings. The van der Waals surface area contributed by atoms with Crippen LogP contribution in [0.25, 0.3) is 0 Å². The van der Waals surface area contributed by atoms with Crippen molar-refractivity contribution in [2.24, 2.45) is 13.0 Å². The van der Waals surface area contributed by atoms with Gasteiger partial charge in [0.2, 0.25) is 0 Å². The van der Waals surface area contributed by atoms with Gasteiger partial charge in [-0.1, -0.05) is 0 Å². The highest BCUT2D eigenvalue weighted by Gasteiger charge is 2.30. The van der Waals surface area contributed by atoms with E-state index in [-0.39, 0.29) is 18.0 Å². The summed E-state index contributed by atoms with van der Waals surface area (Å²) in [6.45, 7) is 0.363. The lowest BCUT2D eigenvalue weighted by molar-refractivity contribution is -0.141. The van der Waals surface area contributed by atoms with Crippen LogP contribution in [0.4, 0.5) is 4.79 Å². The molecule has 1 aromatic rings. The van der Waals surface area contributed by atoms with Crippen LogP contribution in [-0.2, 0) is 18.4 Å². The Kier molecular flexibility index (Phi) is 4.03. The largest absolute Gasteiger partial charge is 0.481 e. The Balaban J connectivity index is 1.72. The maximum absolute atomic E-state index is 11.7. The van der Waals surface area contributed by atoms with E-state index >= 15 is 0 Å². The molecule has 0 aromatic carbocycles. The normalized spacial score (nSPS) is 22.2.